The van der Waals surface area contributed by atoms with E-state index in [-0.39, 0.29) is 8.41 Å². The fourth-order valence-electron chi connectivity index (χ4n) is 0.344. The largest absolute Gasteiger partial charge is 0.127 e. The fraction of sp³-hybridized carbons (Fsp3) is 1.00. The first-order valence-electron chi connectivity index (χ1n) is 2.47. The van der Waals surface area contributed by atoms with E-state index in [1.165, 1.54) is 19.3 Å². The van der Waals surface area contributed by atoms with Crippen LogP contribution in [0, 0.1) is 0 Å². The van der Waals surface area contributed by atoms with Crippen LogP contribution in [0.25, 0.3) is 0 Å². The molecule has 0 unspecified atom stereocenters. The van der Waals surface area contributed by atoms with Gasteiger partial charge in [0, 0.05) is 14.3 Å². The van der Waals surface area contributed by atoms with Crippen molar-refractivity contribution in [1.82, 2.24) is 0 Å². The summed E-state index contributed by atoms with van der Waals surface area (Å²) < 4.78 is 0. The van der Waals surface area contributed by atoms with Crippen LogP contribution in [0.1, 0.15) is 26.2 Å². The Balaban J connectivity index is 0. The van der Waals surface area contributed by atoms with Gasteiger partial charge >= 0.3 is 0 Å². The van der Waals surface area contributed by atoms with Crippen molar-refractivity contribution < 1.29 is 0 Å². The molecule has 0 aliphatic heterocycles. The van der Waals surface area contributed by atoms with Gasteiger partial charge in [0.15, 0.2) is 0 Å². The second-order valence-corrected chi connectivity index (χ2v) is 1.77. The summed E-state index contributed by atoms with van der Waals surface area (Å²) in [5.74, 6) is 0.827. The molecule has 0 aromatic heterocycles. The first kappa shape index (κ1) is 10.4. The van der Waals surface area contributed by atoms with Gasteiger partial charge in [0.25, 0.3) is 0 Å². The van der Waals surface area contributed by atoms with Crippen molar-refractivity contribution in [3.63, 3.8) is 0 Å². The van der Waals surface area contributed by atoms with E-state index in [0.29, 0.717) is 0 Å². The lowest BCUT2D eigenvalue weighted by Crippen LogP contribution is -1.70. The summed E-state index contributed by atoms with van der Waals surface area (Å²) in [5.41, 5.74) is 0. The van der Waals surface area contributed by atoms with Crippen LogP contribution >= 0.6 is 11.6 Å². The lowest BCUT2D eigenvalue weighted by molar-refractivity contribution is 0.776. The molecule has 0 aromatic rings. The molecule has 0 saturated carbocycles. The van der Waals surface area contributed by atoms with Gasteiger partial charge in [-0.1, -0.05) is 19.8 Å². The molecule has 0 amide bonds. The molecule has 0 bridgehead atoms. The van der Waals surface area contributed by atoms with Crippen LogP contribution in [-0.2, 0) is 0 Å². The first-order valence-corrected chi connectivity index (χ1v) is 3.01. The van der Waals surface area contributed by atoms with Crippen LogP contribution in [-0.4, -0.2) is 14.3 Å². The Labute approximate surface area is 52.8 Å². The van der Waals surface area contributed by atoms with Gasteiger partial charge in [-0.05, 0) is 6.42 Å². The summed E-state index contributed by atoms with van der Waals surface area (Å²) in [4.78, 5) is 0. The third-order valence-electron chi connectivity index (χ3n) is 0.737. The van der Waals surface area contributed by atoms with Crippen LogP contribution in [0.4, 0.5) is 0 Å². The average Bonchev–Trinajstić information content (AvgIpc) is 1.61. The molecule has 3 radical (unpaired) electrons. The number of hydrogen-bond donors (Lipinski definition) is 0. The van der Waals surface area contributed by atoms with E-state index in [0.717, 1.165) is 5.88 Å². The Morgan fingerprint density at radius 2 is 1.86 bits per heavy atom. The quantitative estimate of drug-likeness (QED) is 0.301. The van der Waals surface area contributed by atoms with Crippen LogP contribution in [0.5, 0.6) is 0 Å². The normalized spacial score (nSPS) is 7.71. The zero-order chi connectivity index (χ0) is 4.83. The minimum atomic E-state index is 0. The van der Waals surface area contributed by atoms with E-state index in [1.807, 2.05) is 0 Å². The van der Waals surface area contributed by atoms with Crippen LogP contribution in [0.3, 0.4) is 0 Å². The molecule has 0 aromatic carbocycles. The van der Waals surface area contributed by atoms with Crippen molar-refractivity contribution in [3.8, 4) is 0 Å². The van der Waals surface area contributed by atoms with E-state index in [1.54, 1.807) is 0 Å². The number of halogens is 1. The summed E-state index contributed by atoms with van der Waals surface area (Å²) in [7, 11) is 0. The highest BCUT2D eigenvalue weighted by molar-refractivity contribution is 6.17. The van der Waals surface area contributed by atoms with Crippen LogP contribution in [0.2, 0.25) is 0 Å². The first-order chi connectivity index (χ1) is 2.91. The molecule has 0 saturated heterocycles. The van der Waals surface area contributed by atoms with Gasteiger partial charge in [0.05, 0.1) is 0 Å². The number of unbranched alkanes of at least 4 members (excludes halogenated alkanes) is 2. The Morgan fingerprint density at radius 1 is 1.29 bits per heavy atom. The molecular formula is C5H11BCl. The van der Waals surface area contributed by atoms with Gasteiger partial charge in [0.1, 0.15) is 0 Å². The topological polar surface area (TPSA) is 0 Å². The zero-order valence-electron chi connectivity index (χ0n) is 4.78. The van der Waals surface area contributed by atoms with Crippen molar-refractivity contribution in [3.05, 3.63) is 0 Å². The second kappa shape index (κ2) is 9.61. The summed E-state index contributed by atoms with van der Waals surface area (Å²) in [5, 5.41) is 0. The molecule has 41 valence electrons. The number of rotatable bonds is 3. The molecule has 7 heavy (non-hydrogen) atoms. The average molecular weight is 117 g/mol. The third kappa shape index (κ3) is 10.7. The molecule has 0 atom stereocenters. The van der Waals surface area contributed by atoms with Crippen molar-refractivity contribution in [2.45, 2.75) is 26.2 Å². The molecule has 0 aliphatic rings. The Hall–Kier alpha value is 0.355. The van der Waals surface area contributed by atoms with E-state index in [9.17, 15) is 0 Å². The van der Waals surface area contributed by atoms with Crippen molar-refractivity contribution in [2.75, 3.05) is 5.88 Å². The standard InChI is InChI=1S/C5H11Cl.B/c1-2-3-4-5-6;/h2-5H2,1H3;. The van der Waals surface area contributed by atoms with Gasteiger partial charge in [-0.3, -0.25) is 0 Å². The van der Waals surface area contributed by atoms with Gasteiger partial charge in [-0.15, -0.1) is 11.6 Å². The SMILES string of the molecule is CCCCCCl.[B]. The molecule has 0 aliphatic carbocycles. The highest BCUT2D eigenvalue weighted by Gasteiger charge is 1.76. The van der Waals surface area contributed by atoms with Crippen molar-refractivity contribution >= 4 is 20.0 Å². The number of hydrogen-bond acceptors (Lipinski definition) is 0. The lowest BCUT2D eigenvalue weighted by atomic mass is 10.3. The van der Waals surface area contributed by atoms with E-state index in [4.69, 9.17) is 11.6 Å². The minimum Gasteiger partial charge on any atom is -0.127 e. The highest BCUT2D eigenvalue weighted by Crippen LogP contribution is 1.93. The molecule has 0 spiro atoms. The predicted octanol–water partition coefficient (Wildman–Crippen LogP) is 2.03. The van der Waals surface area contributed by atoms with Gasteiger partial charge in [-0.2, -0.15) is 0 Å². The molecule has 0 nitrogen and oxygen atoms in total. The monoisotopic (exact) mass is 117 g/mol. The summed E-state index contributed by atoms with van der Waals surface area (Å²) in [6.45, 7) is 2.17. The van der Waals surface area contributed by atoms with Gasteiger partial charge in [0.2, 0.25) is 0 Å². The predicted molar refractivity (Wildman–Crippen MR) is 36.0 cm³/mol. The van der Waals surface area contributed by atoms with E-state index >= 15 is 0 Å². The maximum absolute atomic E-state index is 5.38. The van der Waals surface area contributed by atoms with Crippen molar-refractivity contribution in [1.29, 1.82) is 0 Å². The fourth-order valence-corrected chi connectivity index (χ4v) is 0.533. The lowest BCUT2D eigenvalue weighted by Gasteiger charge is -1.84. The summed E-state index contributed by atoms with van der Waals surface area (Å²) in [6, 6.07) is 0. The minimum absolute atomic E-state index is 0. The molecule has 0 heterocycles. The van der Waals surface area contributed by atoms with Crippen LogP contribution < -0.4 is 0 Å². The maximum atomic E-state index is 5.38. The molecule has 0 rings (SSSR count). The van der Waals surface area contributed by atoms with Crippen LogP contribution in [0.15, 0.2) is 0 Å². The second-order valence-electron chi connectivity index (χ2n) is 1.40. The van der Waals surface area contributed by atoms with E-state index < -0.39 is 0 Å². The third-order valence-corrected chi connectivity index (χ3v) is 1.00. The zero-order valence-corrected chi connectivity index (χ0v) is 5.54. The Morgan fingerprint density at radius 3 is 2.00 bits per heavy atom. The van der Waals surface area contributed by atoms with E-state index in [2.05, 4.69) is 6.92 Å². The van der Waals surface area contributed by atoms with Crippen molar-refractivity contribution in [2.24, 2.45) is 0 Å². The number of alkyl halides is 1. The highest BCUT2D eigenvalue weighted by atomic mass is 35.5. The Kier molecular flexibility index (Phi) is 14.2. The maximum Gasteiger partial charge on any atom is 0.0223 e. The molecular weight excluding hydrogens is 106 g/mol. The molecule has 0 fully saturated rings. The Bertz CT molecular complexity index is 20.0. The molecule has 0 N–H and O–H groups in total. The van der Waals surface area contributed by atoms with Gasteiger partial charge < -0.3 is 0 Å². The smallest absolute Gasteiger partial charge is 0.0223 e. The van der Waals surface area contributed by atoms with Gasteiger partial charge in [-0.25, -0.2) is 0 Å². The molecule has 2 heteroatoms. The summed E-state index contributed by atoms with van der Waals surface area (Å²) in [6.07, 6.45) is 3.73. The summed E-state index contributed by atoms with van der Waals surface area (Å²) >= 11 is 5.38.